The summed E-state index contributed by atoms with van der Waals surface area (Å²) >= 11 is 0. The van der Waals surface area contributed by atoms with E-state index in [2.05, 4.69) is 46.7 Å². The van der Waals surface area contributed by atoms with Crippen LogP contribution < -0.4 is 42.4 Å². The van der Waals surface area contributed by atoms with Crippen molar-refractivity contribution < 1.29 is 85.6 Å². The van der Waals surface area contributed by atoms with Gasteiger partial charge in [-0.2, -0.15) is 0 Å². The molecule has 6 rings (SSSR count). The summed E-state index contributed by atoms with van der Waals surface area (Å²) < 4.78 is 66.7. The number of hydrogen-bond acceptors (Lipinski definition) is 25. The van der Waals surface area contributed by atoms with Crippen molar-refractivity contribution in [3.8, 4) is 11.1 Å². The van der Waals surface area contributed by atoms with Gasteiger partial charge in [0.15, 0.2) is 6.29 Å². The van der Waals surface area contributed by atoms with Gasteiger partial charge < -0.3 is 98.7 Å². The van der Waals surface area contributed by atoms with E-state index in [1.54, 1.807) is 24.4 Å². The molecule has 5 amide bonds. The number of benzene rings is 2. The van der Waals surface area contributed by atoms with Crippen LogP contribution >= 0.6 is 0 Å². The van der Waals surface area contributed by atoms with Gasteiger partial charge in [-0.3, -0.25) is 43.8 Å². The fourth-order valence-electron chi connectivity index (χ4n) is 10.6. The number of nitrogens with zero attached hydrogens (tertiary/aromatic N) is 3. The highest BCUT2D eigenvalue weighted by molar-refractivity contribution is 6.09. The number of aromatic nitrogens is 2. The van der Waals surface area contributed by atoms with Crippen molar-refractivity contribution in [3.63, 3.8) is 0 Å². The van der Waals surface area contributed by atoms with Crippen LogP contribution in [0.15, 0.2) is 59.5 Å². The number of carbonyl (C=O) groups excluding carboxylic acids is 6. The lowest BCUT2D eigenvalue weighted by molar-refractivity contribution is -0.134. The van der Waals surface area contributed by atoms with E-state index in [1.165, 1.54) is 12.3 Å². The van der Waals surface area contributed by atoms with Gasteiger partial charge >= 0.3 is 0 Å². The topological polar surface area (TPSA) is 361 Å². The van der Waals surface area contributed by atoms with E-state index < -0.39 is 23.8 Å². The molecule has 2 aromatic carbocycles. The summed E-state index contributed by atoms with van der Waals surface area (Å²) in [5.41, 5.74) is 5.49. The normalized spacial score (nSPS) is 14.1. The lowest BCUT2D eigenvalue weighted by atomic mass is 9.97. The van der Waals surface area contributed by atoms with Gasteiger partial charge in [0, 0.05) is 130 Å². The molecule has 2 aliphatic rings. The predicted molar refractivity (Wildman–Crippen MR) is 379 cm³/mol. The largest absolute Gasteiger partial charge is 0.382 e. The molecule has 0 spiro atoms. The summed E-state index contributed by atoms with van der Waals surface area (Å²) in [4.78, 5) is 99.3. The summed E-state index contributed by atoms with van der Waals surface area (Å²) in [6, 6.07) is 13.5. The number of carbonyl (C=O) groups is 6. The zero-order valence-electron chi connectivity index (χ0n) is 59.1. The molecule has 0 radical (unpaired) electrons. The van der Waals surface area contributed by atoms with Crippen molar-refractivity contribution in [2.45, 2.75) is 72.0 Å². The third-order valence-electron chi connectivity index (χ3n) is 15.8. The first-order valence-corrected chi connectivity index (χ1v) is 34.8. The van der Waals surface area contributed by atoms with Crippen LogP contribution in [0.25, 0.3) is 11.1 Å². The molecular weight excluding hydrogens is 1310 g/mol. The first-order valence-electron chi connectivity index (χ1n) is 34.8. The van der Waals surface area contributed by atoms with Crippen LogP contribution in [0, 0.1) is 19.3 Å². The Kier molecular flexibility index (Phi) is 39.9. The number of anilines is 3. The van der Waals surface area contributed by atoms with Gasteiger partial charge in [-0.1, -0.05) is 12.1 Å². The highest BCUT2D eigenvalue weighted by Gasteiger charge is 2.30. The average Bonchev–Trinajstić information content (AvgIpc) is 0.802. The van der Waals surface area contributed by atoms with Crippen LogP contribution in [0.4, 0.5) is 17.2 Å². The molecule has 30 heteroatoms. The number of pyridine rings is 2. The number of nitrogens with one attached hydrogen (secondary N) is 8. The van der Waals surface area contributed by atoms with E-state index in [0.29, 0.717) is 219 Å². The van der Waals surface area contributed by atoms with Gasteiger partial charge in [-0.25, -0.2) is 4.98 Å². The SMILES string of the molecule is Cc1cc(C)c(CNC(=O)c2cc(-c3ccc(N4CCN(CCNC(=O)CCCOCCOCCOCCOCCOCCOCCOCCOCCOCCOCCOCCOCCNc5cccc(C=O)c5C(=O)NC5CCC(=O)NC5=O)CC4)nc3)cc(NC(C)C)c2C=N)c(=O)[nH]1. The second kappa shape index (κ2) is 49.0. The lowest BCUT2D eigenvalue weighted by Crippen LogP contribution is -2.52. The monoisotopic (exact) mass is 1420 g/mol. The highest BCUT2D eigenvalue weighted by Crippen LogP contribution is 2.30. The zero-order chi connectivity index (χ0) is 72.1. The van der Waals surface area contributed by atoms with Crippen LogP contribution in [0.5, 0.6) is 0 Å². The number of aldehydes is 1. The Morgan fingerprint density at radius 1 is 0.634 bits per heavy atom. The number of H-pyrrole nitrogens is 1. The van der Waals surface area contributed by atoms with Crippen molar-refractivity contribution in [1.82, 2.24) is 36.1 Å². The zero-order valence-corrected chi connectivity index (χ0v) is 59.1. The first-order chi connectivity index (χ1) is 49.2. The molecule has 4 aromatic rings. The fourth-order valence-corrected chi connectivity index (χ4v) is 10.6. The maximum atomic E-state index is 13.7. The number of ether oxygens (including phenoxy) is 12. The van der Waals surface area contributed by atoms with Crippen LogP contribution in [0.3, 0.4) is 0 Å². The smallest absolute Gasteiger partial charge is 0.254 e. The molecule has 2 fully saturated rings. The Hall–Kier alpha value is -7.69. The third-order valence-corrected chi connectivity index (χ3v) is 15.8. The number of rotatable bonds is 55. The maximum Gasteiger partial charge on any atom is 0.254 e. The van der Waals surface area contributed by atoms with E-state index in [4.69, 9.17) is 67.2 Å². The van der Waals surface area contributed by atoms with Gasteiger partial charge in [0.1, 0.15) is 11.9 Å². The number of amides is 5. The second-order valence-corrected chi connectivity index (χ2v) is 23.9. The number of piperidine rings is 1. The van der Waals surface area contributed by atoms with Crippen molar-refractivity contribution >= 4 is 59.2 Å². The lowest BCUT2D eigenvalue weighted by Gasteiger charge is -2.35. The van der Waals surface area contributed by atoms with Gasteiger partial charge in [-0.05, 0) is 88.1 Å². The third kappa shape index (κ3) is 32.0. The summed E-state index contributed by atoms with van der Waals surface area (Å²) in [6.45, 7) is 22.9. The molecule has 558 valence electrons. The number of imide groups is 1. The number of aryl methyl sites for hydroxylation is 2. The minimum absolute atomic E-state index is 0.00146. The van der Waals surface area contributed by atoms with Crippen molar-refractivity contribution in [3.05, 3.63) is 104 Å². The fraction of sp³-hybridized carbons (Fsp3) is 0.592. The second-order valence-electron chi connectivity index (χ2n) is 23.9. The van der Waals surface area contributed by atoms with Gasteiger partial charge in [0.25, 0.3) is 17.4 Å². The minimum atomic E-state index is -0.871. The van der Waals surface area contributed by atoms with Crippen molar-refractivity contribution in [2.75, 3.05) is 220 Å². The number of hydrogen-bond donors (Lipinski definition) is 8. The summed E-state index contributed by atoms with van der Waals surface area (Å²) in [5, 5.41) is 25.5. The standard InChI is InChI=1S/C71H105N11O19/c1-52(2)77-63-47-57(46-58(59(63)48-72)68(86)76-50-60-53(3)45-54(4)78-69(60)87)55-10-12-64(75-49-55)82-19-17-81(18-20-82)16-14-74-65(84)9-6-21-90-23-25-92-27-29-94-31-33-96-35-37-98-39-41-100-43-44-101-42-40-99-38-36-97-34-32-95-30-28-93-26-24-91-22-15-73-61-8-5-7-56(51-83)67(61)71(89)79-62-11-13-66(85)80-70(62)88/h5,7-8,10,12,45-49,51-52,62,72-73,77H,6,9,11,13-44,50H2,1-4H3,(H,74,84)(H,76,86)(H,78,87)(H,79,89)(H,80,85,88). The summed E-state index contributed by atoms with van der Waals surface area (Å²) in [5.74, 6) is -1.10. The van der Waals surface area contributed by atoms with Gasteiger partial charge in [0.2, 0.25) is 17.7 Å². The molecule has 0 aliphatic carbocycles. The molecule has 2 aromatic heterocycles. The summed E-state index contributed by atoms with van der Waals surface area (Å²) in [7, 11) is 0. The predicted octanol–water partition coefficient (Wildman–Crippen LogP) is 3.48. The average molecular weight is 1420 g/mol. The Morgan fingerprint density at radius 3 is 1.67 bits per heavy atom. The van der Waals surface area contributed by atoms with E-state index in [-0.39, 0.29) is 53.9 Å². The van der Waals surface area contributed by atoms with Gasteiger partial charge in [0.05, 0.1) is 163 Å². The Bertz CT molecular complexity index is 3190. The molecule has 101 heavy (non-hydrogen) atoms. The van der Waals surface area contributed by atoms with E-state index >= 15 is 0 Å². The molecule has 4 heterocycles. The molecule has 30 nitrogen and oxygen atoms in total. The van der Waals surface area contributed by atoms with E-state index in [0.717, 1.165) is 60.9 Å². The molecule has 2 aliphatic heterocycles. The molecule has 2 saturated heterocycles. The van der Waals surface area contributed by atoms with Crippen molar-refractivity contribution in [1.29, 1.82) is 5.41 Å². The molecule has 1 unspecified atom stereocenters. The number of aromatic amines is 1. The molecular formula is C71H105N11O19. The summed E-state index contributed by atoms with van der Waals surface area (Å²) in [6.07, 6.45) is 4.86. The maximum absolute atomic E-state index is 13.7. The number of piperazine rings is 1. The first kappa shape index (κ1) is 82.3. The molecule has 0 bridgehead atoms. The molecule has 0 saturated carbocycles. The Labute approximate surface area is 591 Å². The van der Waals surface area contributed by atoms with Crippen LogP contribution in [-0.2, 0) is 77.8 Å². The van der Waals surface area contributed by atoms with Crippen LogP contribution in [0.2, 0.25) is 0 Å². The molecule has 8 N–H and O–H groups in total. The van der Waals surface area contributed by atoms with E-state index in [1.807, 2.05) is 52.0 Å². The Morgan fingerprint density at radius 2 is 1.18 bits per heavy atom. The highest BCUT2D eigenvalue weighted by atomic mass is 16.6. The van der Waals surface area contributed by atoms with Crippen LogP contribution in [0.1, 0.15) is 93.0 Å². The quantitative estimate of drug-likeness (QED) is 0.0136. The molecule has 1 atom stereocenters. The van der Waals surface area contributed by atoms with E-state index in [9.17, 15) is 33.6 Å². The van der Waals surface area contributed by atoms with Gasteiger partial charge in [-0.15, -0.1) is 0 Å². The Balaban J connectivity index is 0.630. The van der Waals surface area contributed by atoms with Crippen LogP contribution in [-0.4, -0.2) is 273 Å². The minimum Gasteiger partial charge on any atom is -0.382 e. The van der Waals surface area contributed by atoms with Crippen molar-refractivity contribution in [2.24, 2.45) is 0 Å².